The first-order chi connectivity index (χ1) is 11.9. The summed E-state index contributed by atoms with van der Waals surface area (Å²) in [5.41, 5.74) is 0. The first kappa shape index (κ1) is 14.4. The van der Waals surface area contributed by atoms with E-state index in [0.29, 0.717) is 17.5 Å². The van der Waals surface area contributed by atoms with E-state index in [1.165, 1.54) is 0 Å². The van der Waals surface area contributed by atoms with Gasteiger partial charge in [0.25, 0.3) is 0 Å². The highest BCUT2D eigenvalue weighted by Gasteiger charge is 2.24. The summed E-state index contributed by atoms with van der Waals surface area (Å²) in [6.07, 6.45) is 20.6. The van der Waals surface area contributed by atoms with Crippen molar-refractivity contribution >= 4 is 0 Å². The summed E-state index contributed by atoms with van der Waals surface area (Å²) in [5, 5.41) is 0. The monoisotopic (exact) mass is 321 g/mol. The third-order valence-electron chi connectivity index (χ3n) is 3.55. The lowest BCUT2D eigenvalue weighted by atomic mass is 10.2. The lowest BCUT2D eigenvalue weighted by molar-refractivity contribution is 0.154. The molecule has 0 bridgehead atoms. The summed E-state index contributed by atoms with van der Waals surface area (Å²) < 4.78 is 16.7. The highest BCUT2D eigenvalue weighted by Crippen LogP contribution is 2.26. The van der Waals surface area contributed by atoms with Crippen molar-refractivity contribution in [3.05, 3.63) is 90.9 Å². The maximum absolute atomic E-state index is 5.58. The molecular weight excluding hydrogens is 306 g/mol. The van der Waals surface area contributed by atoms with Crippen LogP contribution in [0.2, 0.25) is 0 Å². The molecule has 6 nitrogen and oxygen atoms in total. The average Bonchev–Trinajstić information content (AvgIpc) is 2.70. The molecule has 1 aromatic heterocycles. The van der Waals surface area contributed by atoms with Gasteiger partial charge >= 0.3 is 0 Å². The molecule has 3 aliphatic heterocycles. The van der Waals surface area contributed by atoms with Crippen LogP contribution in [0.25, 0.3) is 0 Å². The Morgan fingerprint density at radius 3 is 1.08 bits per heavy atom. The smallest absolute Gasteiger partial charge is 0.177 e. The second-order valence-electron chi connectivity index (χ2n) is 5.22. The van der Waals surface area contributed by atoms with Gasteiger partial charge in [-0.05, 0) is 36.5 Å². The molecule has 6 heteroatoms. The number of nitrogens with zero attached hydrogens (tertiary/aromatic N) is 3. The van der Waals surface area contributed by atoms with E-state index >= 15 is 0 Å². The molecule has 0 aromatic carbocycles. The predicted molar refractivity (Wildman–Crippen MR) is 86.1 cm³/mol. The first-order valence-electron chi connectivity index (χ1n) is 7.62. The molecule has 0 saturated heterocycles. The predicted octanol–water partition coefficient (Wildman–Crippen LogP) is 3.30. The van der Waals surface area contributed by atoms with Gasteiger partial charge in [-0.2, -0.15) is 0 Å². The lowest BCUT2D eigenvalue weighted by Gasteiger charge is -2.20. The van der Waals surface area contributed by atoms with Crippen molar-refractivity contribution < 1.29 is 14.2 Å². The van der Waals surface area contributed by atoms with Gasteiger partial charge in [-0.1, -0.05) is 18.2 Å². The van der Waals surface area contributed by atoms with Gasteiger partial charge < -0.3 is 14.2 Å². The highest BCUT2D eigenvalue weighted by atomic mass is 16.5. The zero-order valence-electron chi connectivity index (χ0n) is 12.7. The maximum atomic E-state index is 5.58. The van der Waals surface area contributed by atoms with Crippen molar-refractivity contribution in [1.29, 1.82) is 0 Å². The first-order valence-corrected chi connectivity index (χ1v) is 7.62. The van der Waals surface area contributed by atoms with E-state index in [1.54, 1.807) is 18.8 Å². The molecule has 0 N–H and O–H groups in total. The van der Waals surface area contributed by atoms with Crippen LogP contribution in [0, 0.1) is 0 Å². The van der Waals surface area contributed by atoms with E-state index in [9.17, 15) is 0 Å². The second kappa shape index (κ2) is 6.54. The summed E-state index contributed by atoms with van der Waals surface area (Å²) in [7, 11) is 0. The van der Waals surface area contributed by atoms with Crippen LogP contribution in [0.15, 0.2) is 73.5 Å². The Morgan fingerprint density at radius 2 is 0.833 bits per heavy atom. The standard InChI is InChI=1S/C18H15N3O3/c1-4-10-22-13(7-1)16-19-17(14-8-2-5-11-23-14)21-18(20-16)15-9-3-6-12-24-15/h1-15H. The fraction of sp³-hybridized carbons (Fsp3) is 0.167. The van der Waals surface area contributed by atoms with Crippen LogP contribution in [-0.4, -0.2) is 15.0 Å². The summed E-state index contributed by atoms with van der Waals surface area (Å²) in [4.78, 5) is 13.6. The molecule has 0 aliphatic carbocycles. The Labute approximate surface area is 139 Å². The number of hydrogen-bond donors (Lipinski definition) is 0. The molecule has 0 amide bonds. The minimum absolute atomic E-state index is 0.360. The van der Waals surface area contributed by atoms with E-state index in [-0.39, 0.29) is 18.3 Å². The third-order valence-corrected chi connectivity index (χ3v) is 3.55. The molecule has 4 heterocycles. The Morgan fingerprint density at radius 1 is 0.500 bits per heavy atom. The van der Waals surface area contributed by atoms with Gasteiger partial charge in [0, 0.05) is 0 Å². The van der Waals surface area contributed by atoms with Crippen LogP contribution >= 0.6 is 0 Å². The molecule has 4 rings (SSSR count). The minimum Gasteiger partial charge on any atom is -0.486 e. The van der Waals surface area contributed by atoms with Crippen LogP contribution in [0.1, 0.15) is 35.8 Å². The largest absolute Gasteiger partial charge is 0.486 e. The van der Waals surface area contributed by atoms with Crippen molar-refractivity contribution in [1.82, 2.24) is 15.0 Å². The number of ether oxygens (including phenoxy) is 3. The normalized spacial score (nSPS) is 26.8. The van der Waals surface area contributed by atoms with E-state index < -0.39 is 0 Å². The van der Waals surface area contributed by atoms with Crippen LogP contribution in [0.3, 0.4) is 0 Å². The number of rotatable bonds is 3. The van der Waals surface area contributed by atoms with Gasteiger partial charge in [0.15, 0.2) is 35.8 Å². The van der Waals surface area contributed by atoms with Crippen molar-refractivity contribution in [2.45, 2.75) is 18.3 Å². The minimum atomic E-state index is -0.360. The summed E-state index contributed by atoms with van der Waals surface area (Å²) in [6, 6.07) is 0. The molecule has 0 saturated carbocycles. The number of aromatic nitrogens is 3. The zero-order chi connectivity index (χ0) is 16.2. The topological polar surface area (TPSA) is 66.4 Å². The third kappa shape index (κ3) is 2.99. The summed E-state index contributed by atoms with van der Waals surface area (Å²) in [6.45, 7) is 0. The molecule has 1 aromatic rings. The molecule has 3 unspecified atom stereocenters. The molecule has 3 aliphatic rings. The van der Waals surface area contributed by atoms with Gasteiger partial charge in [-0.15, -0.1) is 0 Å². The van der Waals surface area contributed by atoms with Gasteiger partial charge in [-0.3, -0.25) is 0 Å². The Hall–Kier alpha value is -3.15. The van der Waals surface area contributed by atoms with Crippen molar-refractivity contribution in [3.8, 4) is 0 Å². The fourth-order valence-corrected chi connectivity index (χ4v) is 2.41. The second-order valence-corrected chi connectivity index (χ2v) is 5.22. The number of allylic oxidation sites excluding steroid dienone is 6. The molecule has 0 spiro atoms. The van der Waals surface area contributed by atoms with Gasteiger partial charge in [0.05, 0.1) is 18.8 Å². The highest BCUT2D eigenvalue weighted by molar-refractivity contribution is 5.20. The van der Waals surface area contributed by atoms with Crippen LogP contribution in [0.5, 0.6) is 0 Å². The summed E-state index contributed by atoms with van der Waals surface area (Å²) in [5.74, 6) is 1.57. The molecule has 0 radical (unpaired) electrons. The SMILES string of the molecule is C1=COC(c2nc(C3C=CC=CO3)nc(C3C=CC=CO3)n2)C=C1. The Kier molecular flexibility index (Phi) is 3.93. The molecule has 0 fully saturated rings. The molecule has 3 atom stereocenters. The Balaban J connectivity index is 1.72. The quantitative estimate of drug-likeness (QED) is 0.851. The van der Waals surface area contributed by atoms with Gasteiger partial charge in [0.1, 0.15) is 0 Å². The van der Waals surface area contributed by atoms with E-state index in [4.69, 9.17) is 14.2 Å². The van der Waals surface area contributed by atoms with Crippen molar-refractivity contribution in [2.75, 3.05) is 0 Å². The van der Waals surface area contributed by atoms with Crippen molar-refractivity contribution in [2.24, 2.45) is 0 Å². The van der Waals surface area contributed by atoms with E-state index in [0.717, 1.165) is 0 Å². The van der Waals surface area contributed by atoms with E-state index in [2.05, 4.69) is 15.0 Å². The van der Waals surface area contributed by atoms with E-state index in [1.807, 2.05) is 54.7 Å². The zero-order valence-corrected chi connectivity index (χ0v) is 12.7. The molecule has 120 valence electrons. The average molecular weight is 321 g/mol. The van der Waals surface area contributed by atoms with Crippen molar-refractivity contribution in [3.63, 3.8) is 0 Å². The van der Waals surface area contributed by atoms with Gasteiger partial charge in [-0.25, -0.2) is 15.0 Å². The summed E-state index contributed by atoms with van der Waals surface area (Å²) >= 11 is 0. The number of hydrogen-bond acceptors (Lipinski definition) is 6. The van der Waals surface area contributed by atoms with Gasteiger partial charge in [0.2, 0.25) is 0 Å². The van der Waals surface area contributed by atoms with Crippen LogP contribution < -0.4 is 0 Å². The maximum Gasteiger partial charge on any atom is 0.177 e. The van der Waals surface area contributed by atoms with Crippen LogP contribution in [0.4, 0.5) is 0 Å². The fourth-order valence-electron chi connectivity index (χ4n) is 2.41. The molecular formula is C18H15N3O3. The van der Waals surface area contributed by atoms with Crippen LogP contribution in [-0.2, 0) is 14.2 Å². The molecule has 24 heavy (non-hydrogen) atoms. The Bertz CT molecular complexity index is 676. The lowest BCUT2D eigenvalue weighted by Crippen LogP contribution is -2.17.